The van der Waals surface area contributed by atoms with Gasteiger partial charge in [0.15, 0.2) is 5.78 Å². The third kappa shape index (κ3) is 3.88. The van der Waals surface area contributed by atoms with Crippen LogP contribution in [0.25, 0.3) is 11.3 Å². The fraction of sp³-hybridized carbons (Fsp3) is 0.0455. The van der Waals surface area contributed by atoms with E-state index in [0.29, 0.717) is 27.7 Å². The van der Waals surface area contributed by atoms with E-state index in [2.05, 4.69) is 15.5 Å². The minimum Gasteiger partial charge on any atom is -0.360 e. The smallest absolute Gasteiger partial charge is 0.272 e. The molecular weight excluding hydrogens is 409 g/mol. The van der Waals surface area contributed by atoms with Crippen LogP contribution >= 0.6 is 11.6 Å². The van der Waals surface area contributed by atoms with Crippen molar-refractivity contribution in [2.45, 2.75) is 6.92 Å². The molecule has 30 heavy (non-hydrogen) atoms. The van der Waals surface area contributed by atoms with E-state index in [0.717, 1.165) is 0 Å². The first kappa shape index (κ1) is 19.6. The molecule has 2 heterocycles. The van der Waals surface area contributed by atoms with E-state index in [1.807, 2.05) is 0 Å². The van der Waals surface area contributed by atoms with E-state index in [1.54, 1.807) is 37.3 Å². The fourth-order valence-corrected chi connectivity index (χ4v) is 3.23. The molecule has 0 aliphatic heterocycles. The molecule has 0 atom stereocenters. The van der Waals surface area contributed by atoms with Crippen LogP contribution in [0.2, 0.25) is 5.02 Å². The number of hydrogen-bond donors (Lipinski definition) is 2. The molecule has 4 aromatic rings. The zero-order valence-electron chi connectivity index (χ0n) is 15.7. The van der Waals surface area contributed by atoms with Gasteiger partial charge in [-0.05, 0) is 43.3 Å². The number of nitrogens with one attached hydrogen (secondary N) is 2. The van der Waals surface area contributed by atoms with Gasteiger partial charge in [0.05, 0.1) is 5.56 Å². The third-order valence-corrected chi connectivity index (χ3v) is 4.70. The van der Waals surface area contributed by atoms with Gasteiger partial charge in [0.25, 0.3) is 5.91 Å². The second-order valence-electron chi connectivity index (χ2n) is 6.57. The summed E-state index contributed by atoms with van der Waals surface area (Å²) in [5.41, 5.74) is 2.01. The minimum atomic E-state index is -0.503. The van der Waals surface area contributed by atoms with Crippen LogP contribution < -0.4 is 5.32 Å². The Bertz CT molecular complexity index is 1260. The van der Waals surface area contributed by atoms with Crippen LogP contribution in [0.4, 0.5) is 10.1 Å². The zero-order chi connectivity index (χ0) is 21.3. The Balaban J connectivity index is 1.61. The number of aromatic amines is 1. The van der Waals surface area contributed by atoms with Crippen LogP contribution in [0, 0.1) is 12.7 Å². The average molecular weight is 424 g/mol. The van der Waals surface area contributed by atoms with Crippen molar-refractivity contribution in [2.75, 3.05) is 5.32 Å². The number of benzene rings is 2. The number of nitrogens with zero attached hydrogens (tertiary/aromatic N) is 1. The number of ketones is 1. The summed E-state index contributed by atoms with van der Waals surface area (Å²) in [5, 5.41) is 7.08. The zero-order valence-corrected chi connectivity index (χ0v) is 16.5. The van der Waals surface area contributed by atoms with Crippen molar-refractivity contribution >= 4 is 29.0 Å². The maximum absolute atomic E-state index is 13.3. The number of amides is 1. The largest absolute Gasteiger partial charge is 0.360 e. The van der Waals surface area contributed by atoms with Gasteiger partial charge in [-0.3, -0.25) is 9.59 Å². The van der Waals surface area contributed by atoms with Gasteiger partial charge in [0.2, 0.25) is 0 Å². The maximum atomic E-state index is 13.3. The Morgan fingerprint density at radius 1 is 1.13 bits per heavy atom. The highest BCUT2D eigenvalue weighted by atomic mass is 35.5. The molecule has 2 aromatic carbocycles. The van der Waals surface area contributed by atoms with E-state index in [-0.39, 0.29) is 22.6 Å². The van der Waals surface area contributed by atoms with Gasteiger partial charge in [-0.1, -0.05) is 35.0 Å². The van der Waals surface area contributed by atoms with Crippen LogP contribution in [0.15, 0.2) is 65.3 Å². The number of anilines is 1. The van der Waals surface area contributed by atoms with Gasteiger partial charge in [-0.15, -0.1) is 0 Å². The third-order valence-electron chi connectivity index (χ3n) is 4.46. The Morgan fingerprint density at radius 2 is 1.93 bits per heavy atom. The lowest BCUT2D eigenvalue weighted by molar-refractivity contribution is 0.102. The lowest BCUT2D eigenvalue weighted by Crippen LogP contribution is -2.12. The van der Waals surface area contributed by atoms with Crippen molar-refractivity contribution in [3.63, 3.8) is 0 Å². The van der Waals surface area contributed by atoms with E-state index < -0.39 is 11.7 Å². The predicted octanol–water partition coefficient (Wildman–Crippen LogP) is 5.25. The van der Waals surface area contributed by atoms with Gasteiger partial charge in [0.1, 0.15) is 23.0 Å². The fourth-order valence-electron chi connectivity index (χ4n) is 3.04. The van der Waals surface area contributed by atoms with E-state index in [4.69, 9.17) is 16.1 Å². The molecule has 0 radical (unpaired) electrons. The van der Waals surface area contributed by atoms with Crippen molar-refractivity contribution in [3.05, 3.63) is 94.2 Å². The lowest BCUT2D eigenvalue weighted by Gasteiger charge is -2.03. The SMILES string of the molecule is Cc1onc(-c2cccc(Cl)c2)c1C(=O)c1c[nH]c(C(=O)Nc2cccc(F)c2)c1. The number of hydrogen-bond acceptors (Lipinski definition) is 4. The summed E-state index contributed by atoms with van der Waals surface area (Å²) in [5.74, 6) is -0.977. The molecule has 0 bridgehead atoms. The van der Waals surface area contributed by atoms with Crippen molar-refractivity contribution in [2.24, 2.45) is 0 Å². The molecular formula is C22H15ClFN3O3. The summed E-state index contributed by atoms with van der Waals surface area (Å²) in [6.45, 7) is 1.64. The monoisotopic (exact) mass is 423 g/mol. The summed E-state index contributed by atoms with van der Waals surface area (Å²) in [6, 6.07) is 13.9. The van der Waals surface area contributed by atoms with Gasteiger partial charge in [-0.25, -0.2) is 4.39 Å². The Labute approximate surface area is 175 Å². The van der Waals surface area contributed by atoms with Crippen molar-refractivity contribution < 1.29 is 18.5 Å². The molecule has 0 unspecified atom stereocenters. The molecule has 6 nitrogen and oxygen atoms in total. The molecule has 2 N–H and O–H groups in total. The quantitative estimate of drug-likeness (QED) is 0.429. The second kappa shape index (κ2) is 7.96. The molecule has 8 heteroatoms. The van der Waals surface area contributed by atoms with Crippen LogP contribution in [0.3, 0.4) is 0 Å². The topological polar surface area (TPSA) is 88.0 Å². The molecule has 2 aromatic heterocycles. The van der Waals surface area contributed by atoms with Crippen LogP contribution in [0.1, 0.15) is 32.2 Å². The Hall–Kier alpha value is -3.71. The van der Waals surface area contributed by atoms with E-state index in [1.165, 1.54) is 30.5 Å². The van der Waals surface area contributed by atoms with Gasteiger partial charge >= 0.3 is 0 Å². The second-order valence-corrected chi connectivity index (χ2v) is 7.00. The number of carbonyl (C=O) groups excluding carboxylic acids is 2. The average Bonchev–Trinajstić information content (AvgIpc) is 3.35. The highest BCUT2D eigenvalue weighted by molar-refractivity contribution is 6.30. The van der Waals surface area contributed by atoms with Gasteiger partial charge < -0.3 is 14.8 Å². The molecule has 0 aliphatic rings. The molecule has 0 spiro atoms. The number of H-pyrrole nitrogens is 1. The van der Waals surface area contributed by atoms with Crippen molar-refractivity contribution in [1.29, 1.82) is 0 Å². The van der Waals surface area contributed by atoms with E-state index in [9.17, 15) is 14.0 Å². The molecule has 0 aliphatic carbocycles. The molecule has 4 rings (SSSR count). The lowest BCUT2D eigenvalue weighted by atomic mass is 9.99. The minimum absolute atomic E-state index is 0.154. The van der Waals surface area contributed by atoms with Gasteiger partial charge in [-0.2, -0.15) is 0 Å². The highest BCUT2D eigenvalue weighted by Gasteiger charge is 2.24. The van der Waals surface area contributed by atoms with Crippen molar-refractivity contribution in [1.82, 2.24) is 10.1 Å². The summed E-state index contributed by atoms with van der Waals surface area (Å²) >= 11 is 6.05. The molecule has 150 valence electrons. The summed E-state index contributed by atoms with van der Waals surface area (Å²) in [7, 11) is 0. The first-order chi connectivity index (χ1) is 14.4. The van der Waals surface area contributed by atoms with E-state index >= 15 is 0 Å². The molecule has 0 saturated heterocycles. The molecule has 0 saturated carbocycles. The number of aromatic nitrogens is 2. The first-order valence-corrected chi connectivity index (χ1v) is 9.32. The summed E-state index contributed by atoms with van der Waals surface area (Å²) in [6.07, 6.45) is 1.43. The molecule has 1 amide bonds. The summed E-state index contributed by atoms with van der Waals surface area (Å²) < 4.78 is 18.5. The van der Waals surface area contributed by atoms with Gasteiger partial charge in [0, 0.05) is 28.0 Å². The maximum Gasteiger partial charge on any atom is 0.272 e. The number of halogens is 2. The highest BCUT2D eigenvalue weighted by Crippen LogP contribution is 2.29. The molecule has 0 fully saturated rings. The van der Waals surface area contributed by atoms with Crippen LogP contribution in [0.5, 0.6) is 0 Å². The Kier molecular flexibility index (Phi) is 5.20. The first-order valence-electron chi connectivity index (χ1n) is 8.94. The standard InChI is InChI=1S/C22H15ClFN3O3/c1-12-19(20(27-30-12)13-4-2-5-15(23)8-13)21(28)14-9-18(25-11-14)22(29)26-17-7-3-6-16(24)10-17/h2-11,25H,1H3,(H,26,29). The number of rotatable bonds is 5. The van der Waals surface area contributed by atoms with Crippen LogP contribution in [-0.2, 0) is 0 Å². The predicted molar refractivity (Wildman–Crippen MR) is 110 cm³/mol. The summed E-state index contributed by atoms with van der Waals surface area (Å²) in [4.78, 5) is 28.3. The van der Waals surface area contributed by atoms with Crippen LogP contribution in [-0.4, -0.2) is 21.8 Å². The van der Waals surface area contributed by atoms with Crippen molar-refractivity contribution in [3.8, 4) is 11.3 Å². The number of carbonyl (C=O) groups is 2. The Morgan fingerprint density at radius 3 is 2.70 bits per heavy atom. The number of aryl methyl sites for hydroxylation is 1. The normalized spacial score (nSPS) is 10.8.